The van der Waals surface area contributed by atoms with Crippen LogP contribution in [0.1, 0.15) is 106 Å². The second-order valence-corrected chi connectivity index (χ2v) is 20.2. The van der Waals surface area contributed by atoms with Crippen molar-refractivity contribution in [2.45, 2.75) is 174 Å². The first kappa shape index (κ1) is 41.2. The molecule has 0 bridgehead atoms. The first-order valence-corrected chi connectivity index (χ1v) is 20.5. The van der Waals surface area contributed by atoms with E-state index in [9.17, 15) is 40.9 Å². The van der Waals surface area contributed by atoms with Gasteiger partial charge in [-0.25, -0.2) is 0 Å². The number of aliphatic hydroxyl groups is 8. The van der Waals surface area contributed by atoms with E-state index < -0.39 is 79.5 Å². The average molecular weight is 765 g/mol. The van der Waals surface area contributed by atoms with Gasteiger partial charge in [-0.2, -0.15) is 0 Å². The fourth-order valence-corrected chi connectivity index (χ4v) is 13.0. The zero-order valence-corrected chi connectivity index (χ0v) is 33.4. The third-order valence-corrected chi connectivity index (χ3v) is 16.8. The van der Waals surface area contributed by atoms with Crippen LogP contribution in [0.15, 0.2) is 23.3 Å². The molecule has 0 radical (unpaired) electrons. The van der Waals surface area contributed by atoms with Crippen molar-refractivity contribution < 1.29 is 59.8 Å². The topological polar surface area (TPSA) is 199 Å². The standard InChI is InChI=1S/C42H68O12/c1-22-29(46)34(54-35-32(49)31(48)30(47)25(19-43)52-35)33(50)36(51-22)53-28-11-12-38(4)26(39(28,5)20-44)10-13-41(7)27(38)9-8-23-24-18-37(2,3)14-16-42(24,21-45)17-15-40(23,41)6/h8-9,22,25-36,43-50H,10-21H2,1-7H3/t22-,25-,26?,27?,28?,29+,30-,31+,32-,33-,34+,35+,36+,38?,39?,40?,41?,42?/m1/s1. The van der Waals surface area contributed by atoms with E-state index >= 15 is 0 Å². The van der Waals surface area contributed by atoms with Crippen LogP contribution in [-0.2, 0) is 18.9 Å². The molecule has 5 aliphatic carbocycles. The van der Waals surface area contributed by atoms with Crippen molar-refractivity contribution in [3.63, 3.8) is 0 Å². The van der Waals surface area contributed by atoms with Crippen LogP contribution < -0.4 is 0 Å². The smallest absolute Gasteiger partial charge is 0.187 e. The quantitative estimate of drug-likeness (QED) is 0.177. The number of aliphatic hydroxyl groups excluding tert-OH is 8. The second-order valence-electron chi connectivity index (χ2n) is 20.2. The molecule has 7 aliphatic rings. The van der Waals surface area contributed by atoms with Crippen molar-refractivity contribution >= 4 is 0 Å². The zero-order chi connectivity index (χ0) is 39.4. The number of hydrogen-bond acceptors (Lipinski definition) is 12. The Morgan fingerprint density at radius 3 is 2.07 bits per heavy atom. The molecular formula is C42H68O12. The normalized spacial score (nSPS) is 54.3. The molecule has 308 valence electrons. The lowest BCUT2D eigenvalue weighted by molar-refractivity contribution is -0.367. The van der Waals surface area contributed by atoms with Gasteiger partial charge in [0.2, 0.25) is 0 Å². The number of allylic oxidation sites excluding steroid dienone is 3. The molecule has 0 aromatic carbocycles. The molecule has 0 amide bonds. The molecule has 0 aromatic heterocycles. The minimum absolute atomic E-state index is 0.0220. The van der Waals surface area contributed by atoms with Crippen LogP contribution in [0.25, 0.3) is 0 Å². The lowest BCUT2D eigenvalue weighted by Gasteiger charge is -2.70. The van der Waals surface area contributed by atoms with Gasteiger partial charge in [0.25, 0.3) is 0 Å². The van der Waals surface area contributed by atoms with E-state index in [1.807, 2.05) is 0 Å². The molecule has 2 saturated heterocycles. The minimum atomic E-state index is -1.71. The van der Waals surface area contributed by atoms with Crippen molar-refractivity contribution in [1.29, 1.82) is 0 Å². The summed E-state index contributed by atoms with van der Waals surface area (Å²) in [5.74, 6) is 0.346. The molecule has 0 spiro atoms. The van der Waals surface area contributed by atoms with Crippen molar-refractivity contribution in [3.8, 4) is 0 Å². The SMILES string of the molecule is C[C@H]1O[C@@H](OC2CCC3(C)C(CCC4(C)C3C=CC3=C5CC(C)(C)CCC5(CO)CCC34C)C2(C)CO)[C@H](O)[C@@H](O[C@@H]2O[C@H](CO)[C@@H](O)[C@H](O)[C@H]2O)[C@H]1O. The van der Waals surface area contributed by atoms with E-state index in [4.69, 9.17) is 18.9 Å². The van der Waals surface area contributed by atoms with E-state index in [0.717, 1.165) is 51.4 Å². The third-order valence-electron chi connectivity index (χ3n) is 16.8. The summed E-state index contributed by atoms with van der Waals surface area (Å²) in [7, 11) is 0. The van der Waals surface area contributed by atoms with Crippen LogP contribution in [0.2, 0.25) is 0 Å². The van der Waals surface area contributed by atoms with Crippen LogP contribution in [-0.4, -0.2) is 128 Å². The van der Waals surface area contributed by atoms with Gasteiger partial charge in [0.15, 0.2) is 12.6 Å². The monoisotopic (exact) mass is 764 g/mol. The van der Waals surface area contributed by atoms with E-state index in [2.05, 4.69) is 53.7 Å². The summed E-state index contributed by atoms with van der Waals surface area (Å²) in [4.78, 5) is 0. The number of ether oxygens (including phenoxy) is 4. The maximum Gasteiger partial charge on any atom is 0.187 e. The molecule has 18 atom stereocenters. The molecule has 8 unspecified atom stereocenters. The summed E-state index contributed by atoms with van der Waals surface area (Å²) in [5, 5.41) is 85.6. The first-order chi connectivity index (χ1) is 25.3. The molecule has 12 nitrogen and oxygen atoms in total. The predicted octanol–water partition coefficient (Wildman–Crippen LogP) is 2.71. The highest BCUT2D eigenvalue weighted by atomic mass is 16.7. The maximum absolute atomic E-state index is 11.6. The largest absolute Gasteiger partial charge is 0.396 e. The van der Waals surface area contributed by atoms with Gasteiger partial charge in [-0.05, 0) is 104 Å². The zero-order valence-electron chi connectivity index (χ0n) is 33.4. The molecular weight excluding hydrogens is 696 g/mol. The van der Waals surface area contributed by atoms with Crippen LogP contribution in [0.3, 0.4) is 0 Å². The average Bonchev–Trinajstić information content (AvgIpc) is 3.13. The molecule has 8 N–H and O–H groups in total. The first-order valence-electron chi connectivity index (χ1n) is 20.5. The summed E-state index contributed by atoms with van der Waals surface area (Å²) in [5.41, 5.74) is 2.11. The second kappa shape index (κ2) is 14.1. The van der Waals surface area contributed by atoms with Crippen LogP contribution >= 0.6 is 0 Å². The van der Waals surface area contributed by atoms with Crippen LogP contribution in [0, 0.1) is 44.3 Å². The van der Waals surface area contributed by atoms with Gasteiger partial charge < -0.3 is 59.8 Å². The Balaban J connectivity index is 1.14. The molecule has 2 aliphatic heterocycles. The molecule has 3 saturated carbocycles. The third kappa shape index (κ3) is 5.98. The van der Waals surface area contributed by atoms with Gasteiger partial charge in [0, 0.05) is 10.8 Å². The Morgan fingerprint density at radius 1 is 0.722 bits per heavy atom. The lowest BCUT2D eigenvalue weighted by Crippen LogP contribution is -2.66. The number of rotatable bonds is 7. The van der Waals surface area contributed by atoms with Gasteiger partial charge in [-0.15, -0.1) is 0 Å². The van der Waals surface area contributed by atoms with Crippen LogP contribution in [0.4, 0.5) is 0 Å². The molecule has 7 rings (SSSR count). The van der Waals surface area contributed by atoms with E-state index in [1.165, 1.54) is 11.1 Å². The van der Waals surface area contributed by atoms with Crippen molar-refractivity contribution in [2.75, 3.05) is 19.8 Å². The molecule has 5 fully saturated rings. The van der Waals surface area contributed by atoms with Crippen LogP contribution in [0.5, 0.6) is 0 Å². The predicted molar refractivity (Wildman–Crippen MR) is 197 cm³/mol. The summed E-state index contributed by atoms with van der Waals surface area (Å²) >= 11 is 0. The summed E-state index contributed by atoms with van der Waals surface area (Å²) in [6, 6.07) is 0. The molecule has 0 aromatic rings. The van der Waals surface area contributed by atoms with Gasteiger partial charge in [0.05, 0.1) is 32.0 Å². The van der Waals surface area contributed by atoms with E-state index in [1.54, 1.807) is 6.92 Å². The molecule has 2 heterocycles. The van der Waals surface area contributed by atoms with Crippen molar-refractivity contribution in [2.24, 2.45) is 44.3 Å². The summed E-state index contributed by atoms with van der Waals surface area (Å²) in [6.45, 7) is 15.2. The van der Waals surface area contributed by atoms with Gasteiger partial charge in [-0.1, -0.05) is 59.3 Å². The lowest BCUT2D eigenvalue weighted by atomic mass is 9.35. The summed E-state index contributed by atoms with van der Waals surface area (Å²) < 4.78 is 24.1. The van der Waals surface area contributed by atoms with Gasteiger partial charge >= 0.3 is 0 Å². The van der Waals surface area contributed by atoms with E-state index in [-0.39, 0.29) is 52.1 Å². The van der Waals surface area contributed by atoms with Gasteiger partial charge in [-0.3, -0.25) is 0 Å². The van der Waals surface area contributed by atoms with Crippen molar-refractivity contribution in [3.05, 3.63) is 23.3 Å². The fourth-order valence-electron chi connectivity index (χ4n) is 13.0. The van der Waals surface area contributed by atoms with Gasteiger partial charge in [0.1, 0.15) is 42.7 Å². The Bertz CT molecular complexity index is 1470. The fraction of sp³-hybridized carbons (Fsp3) is 0.905. The molecule has 54 heavy (non-hydrogen) atoms. The number of fused-ring (bicyclic) bond motifs is 6. The number of hydrogen-bond donors (Lipinski definition) is 8. The summed E-state index contributed by atoms with van der Waals surface area (Å²) in [6.07, 6.45) is -1.17. The van der Waals surface area contributed by atoms with E-state index in [0.29, 0.717) is 6.42 Å². The highest BCUT2D eigenvalue weighted by Crippen LogP contribution is 2.74. The highest BCUT2D eigenvalue weighted by Gasteiger charge is 2.68. The molecule has 12 heteroatoms. The Kier molecular flexibility index (Phi) is 10.7. The highest BCUT2D eigenvalue weighted by molar-refractivity contribution is 5.46. The maximum atomic E-state index is 11.6. The Morgan fingerprint density at radius 2 is 1.41 bits per heavy atom. The minimum Gasteiger partial charge on any atom is -0.396 e. The Hall–Kier alpha value is -1.00. The Labute approximate surface area is 320 Å². The van der Waals surface area contributed by atoms with Crippen molar-refractivity contribution in [1.82, 2.24) is 0 Å².